The monoisotopic (exact) mass is 851 g/mol. The lowest BCUT2D eigenvalue weighted by molar-refractivity contribution is -0.671. The van der Waals surface area contributed by atoms with Crippen molar-refractivity contribution in [1.82, 2.24) is 9.13 Å². The molecule has 3 aromatic heterocycles. The SMILES string of the molecule is C[n+]1ccc(-c2ccc3c(c2)C(C)(C)c2cc(N(c4ccc(-c5ccccc5)cc4)c4ccc(-c5ccc6c(c5)c5cc(-n7cc[n+](C)c7)ccc5n6-c5ccccc5)cc4)ccc2-3)cc1. The molecule has 0 aliphatic heterocycles. The maximum atomic E-state index is 2.43. The van der Waals surface area contributed by atoms with Crippen LogP contribution in [0.5, 0.6) is 0 Å². The van der Waals surface area contributed by atoms with E-state index in [1.54, 1.807) is 0 Å². The zero-order valence-corrected chi connectivity index (χ0v) is 37.6. The van der Waals surface area contributed by atoms with Gasteiger partial charge in [-0.15, -0.1) is 0 Å². The van der Waals surface area contributed by atoms with Crippen molar-refractivity contribution < 1.29 is 9.13 Å². The number of anilines is 3. The van der Waals surface area contributed by atoms with Gasteiger partial charge in [0, 0.05) is 51.1 Å². The summed E-state index contributed by atoms with van der Waals surface area (Å²) in [5.41, 5.74) is 20.3. The third-order valence-corrected chi connectivity index (χ3v) is 13.8. The standard InChI is InChI=1S/C61H49N5/c1-61(2)57-38-47(45-31-33-62(3)34-32-45)19-27-53(57)54-28-25-52(40-58(54)61)65(49-21-15-43(16-22-49)42-11-7-5-8-12-42)50-23-17-44(18-24-50)46-20-29-59-55(37-46)56-39-51(64-36-35-63(4)41-64)26-30-60(56)66(59)48-13-9-6-10-14-48/h5-41H,1-4H3/q+2. The molecule has 66 heavy (non-hydrogen) atoms. The minimum atomic E-state index is -0.189. The Kier molecular flexibility index (Phi) is 9.21. The van der Waals surface area contributed by atoms with Crippen LogP contribution < -0.4 is 14.0 Å². The Bertz CT molecular complexity index is 3600. The molecule has 0 N–H and O–H groups in total. The van der Waals surface area contributed by atoms with Crippen LogP contribution in [0.3, 0.4) is 0 Å². The molecule has 0 unspecified atom stereocenters. The Balaban J connectivity index is 0.949. The van der Waals surface area contributed by atoms with Gasteiger partial charge in [-0.3, -0.25) is 0 Å². The van der Waals surface area contributed by atoms with Gasteiger partial charge in [-0.05, 0) is 141 Å². The summed E-state index contributed by atoms with van der Waals surface area (Å²) in [5, 5.41) is 2.44. The fourth-order valence-electron chi connectivity index (χ4n) is 10.2. The van der Waals surface area contributed by atoms with Gasteiger partial charge in [-0.2, -0.15) is 0 Å². The number of nitrogens with zero attached hydrogens (tertiary/aromatic N) is 5. The lowest BCUT2D eigenvalue weighted by atomic mass is 9.81. The largest absolute Gasteiger partial charge is 0.310 e. The molecule has 0 fully saturated rings. The van der Waals surface area contributed by atoms with Crippen LogP contribution in [0.1, 0.15) is 25.0 Å². The maximum Gasteiger partial charge on any atom is 0.248 e. The minimum Gasteiger partial charge on any atom is -0.310 e. The molecule has 0 spiro atoms. The Morgan fingerprint density at radius 2 is 0.924 bits per heavy atom. The second-order valence-electron chi connectivity index (χ2n) is 18.3. The van der Waals surface area contributed by atoms with Gasteiger partial charge in [0.2, 0.25) is 6.33 Å². The van der Waals surface area contributed by atoms with Gasteiger partial charge in [0.05, 0.1) is 18.1 Å². The van der Waals surface area contributed by atoms with E-state index in [4.69, 9.17) is 0 Å². The van der Waals surface area contributed by atoms with Crippen molar-refractivity contribution in [2.75, 3.05) is 4.90 Å². The van der Waals surface area contributed by atoms with Crippen LogP contribution in [0.2, 0.25) is 0 Å². The van der Waals surface area contributed by atoms with E-state index >= 15 is 0 Å². The predicted octanol–water partition coefficient (Wildman–Crippen LogP) is 14.0. The molecule has 0 amide bonds. The predicted molar refractivity (Wildman–Crippen MR) is 271 cm³/mol. The van der Waals surface area contributed by atoms with Crippen molar-refractivity contribution >= 4 is 38.9 Å². The summed E-state index contributed by atoms with van der Waals surface area (Å²) in [5.74, 6) is 0. The molecule has 8 aromatic carbocycles. The van der Waals surface area contributed by atoms with Crippen molar-refractivity contribution in [3.8, 4) is 55.9 Å². The van der Waals surface area contributed by atoms with Crippen LogP contribution >= 0.6 is 0 Å². The molecule has 316 valence electrons. The first-order chi connectivity index (χ1) is 32.3. The van der Waals surface area contributed by atoms with Gasteiger partial charge >= 0.3 is 0 Å². The molecule has 1 aliphatic rings. The number of aromatic nitrogens is 4. The summed E-state index contributed by atoms with van der Waals surface area (Å²) in [7, 11) is 4.12. The zero-order valence-electron chi connectivity index (χ0n) is 37.6. The third-order valence-electron chi connectivity index (χ3n) is 13.8. The zero-order chi connectivity index (χ0) is 44.5. The molecule has 5 heteroatoms. The molecule has 0 saturated heterocycles. The third kappa shape index (κ3) is 6.62. The molecule has 0 bridgehead atoms. The van der Waals surface area contributed by atoms with Crippen molar-refractivity contribution in [2.45, 2.75) is 19.3 Å². The van der Waals surface area contributed by atoms with Crippen molar-refractivity contribution in [3.05, 3.63) is 236 Å². The van der Waals surface area contributed by atoms with E-state index in [2.05, 4.69) is 276 Å². The number of hydrogen-bond acceptors (Lipinski definition) is 1. The number of rotatable bonds is 8. The highest BCUT2D eigenvalue weighted by molar-refractivity contribution is 6.11. The first-order valence-electron chi connectivity index (χ1n) is 22.8. The summed E-state index contributed by atoms with van der Waals surface area (Å²) in [6, 6.07) is 71.6. The number of pyridine rings is 1. The number of hydrogen-bond donors (Lipinski definition) is 0. The first kappa shape index (κ1) is 39.3. The number of imidazole rings is 1. The highest BCUT2D eigenvalue weighted by Gasteiger charge is 2.36. The van der Waals surface area contributed by atoms with Crippen molar-refractivity contribution in [1.29, 1.82) is 0 Å². The highest BCUT2D eigenvalue weighted by atomic mass is 15.1. The van der Waals surface area contributed by atoms with E-state index in [0.29, 0.717) is 0 Å². The quantitative estimate of drug-likeness (QED) is 0.140. The summed E-state index contributed by atoms with van der Waals surface area (Å²) in [6.45, 7) is 4.75. The van der Waals surface area contributed by atoms with Crippen LogP contribution in [0, 0.1) is 0 Å². The molecule has 0 radical (unpaired) electrons. The van der Waals surface area contributed by atoms with Gasteiger partial charge < -0.3 is 9.47 Å². The van der Waals surface area contributed by atoms with Gasteiger partial charge in [-0.1, -0.05) is 111 Å². The van der Waals surface area contributed by atoms with Crippen LogP contribution in [0.25, 0.3) is 77.7 Å². The molecule has 0 atom stereocenters. The lowest BCUT2D eigenvalue weighted by Gasteiger charge is -2.28. The van der Waals surface area contributed by atoms with Crippen molar-refractivity contribution in [2.24, 2.45) is 14.1 Å². The van der Waals surface area contributed by atoms with Gasteiger partial charge in [-0.25, -0.2) is 13.7 Å². The number of para-hydroxylation sites is 1. The first-order valence-corrected chi connectivity index (χ1v) is 22.8. The highest BCUT2D eigenvalue weighted by Crippen LogP contribution is 2.52. The molecular formula is C61H49N5+2. The minimum absolute atomic E-state index is 0.189. The molecule has 3 heterocycles. The van der Waals surface area contributed by atoms with Gasteiger partial charge in [0.15, 0.2) is 12.4 Å². The van der Waals surface area contributed by atoms with E-state index in [-0.39, 0.29) is 5.41 Å². The fourth-order valence-corrected chi connectivity index (χ4v) is 10.2. The normalized spacial score (nSPS) is 12.7. The van der Waals surface area contributed by atoms with E-state index in [0.717, 1.165) is 28.4 Å². The molecule has 0 saturated carbocycles. The van der Waals surface area contributed by atoms with Gasteiger partial charge in [0.1, 0.15) is 25.1 Å². The van der Waals surface area contributed by atoms with Crippen LogP contribution in [-0.4, -0.2) is 9.13 Å². The number of fused-ring (bicyclic) bond motifs is 6. The Labute approximate surface area is 386 Å². The van der Waals surface area contributed by atoms with Crippen molar-refractivity contribution in [3.63, 3.8) is 0 Å². The van der Waals surface area contributed by atoms with E-state index in [1.165, 1.54) is 77.4 Å². The molecular weight excluding hydrogens is 803 g/mol. The average molecular weight is 852 g/mol. The summed E-state index contributed by atoms with van der Waals surface area (Å²) in [4.78, 5) is 2.41. The Morgan fingerprint density at radius 1 is 0.409 bits per heavy atom. The molecule has 1 aliphatic carbocycles. The molecule has 12 rings (SSSR count). The topological polar surface area (TPSA) is 20.9 Å². The maximum absolute atomic E-state index is 2.43. The van der Waals surface area contributed by atoms with E-state index < -0.39 is 0 Å². The molecule has 11 aromatic rings. The van der Waals surface area contributed by atoms with Crippen LogP contribution in [-0.2, 0) is 19.5 Å². The second kappa shape index (κ2) is 15.5. The summed E-state index contributed by atoms with van der Waals surface area (Å²) < 4.78 is 8.72. The Morgan fingerprint density at radius 3 is 1.59 bits per heavy atom. The average Bonchev–Trinajstić information content (AvgIpc) is 4.01. The summed E-state index contributed by atoms with van der Waals surface area (Å²) >= 11 is 0. The smallest absolute Gasteiger partial charge is 0.248 e. The molecule has 5 nitrogen and oxygen atoms in total. The van der Waals surface area contributed by atoms with Crippen LogP contribution in [0.15, 0.2) is 225 Å². The van der Waals surface area contributed by atoms with E-state index in [1.807, 2.05) is 0 Å². The second-order valence-corrected chi connectivity index (χ2v) is 18.3. The lowest BCUT2D eigenvalue weighted by Crippen LogP contribution is -2.25. The number of benzene rings is 8. The van der Waals surface area contributed by atoms with Crippen LogP contribution in [0.4, 0.5) is 17.1 Å². The van der Waals surface area contributed by atoms with Gasteiger partial charge in [0.25, 0.3) is 0 Å². The Hall–Kier alpha value is -8.28. The fraction of sp³-hybridized carbons (Fsp3) is 0.0820. The number of aryl methyl sites for hydroxylation is 2. The summed E-state index contributed by atoms with van der Waals surface area (Å²) in [6.07, 6.45) is 10.5. The van der Waals surface area contributed by atoms with E-state index in [9.17, 15) is 0 Å².